The second-order valence-corrected chi connectivity index (χ2v) is 11.2. The molecule has 0 aliphatic carbocycles. The van der Waals surface area contributed by atoms with E-state index in [0.29, 0.717) is 14.5 Å². The standard InChI is InChI=1S/C10H8ISe.CHF3O3S/c1-2-5-9(6-3-1)11-10-7-4-8-12-10;2-1(3,4)8(5,6)7/h1-8H;(H,5,6,7)/q+1;/p-1. The van der Waals surface area contributed by atoms with Crippen LogP contribution in [-0.4, -0.2) is 33.0 Å². The number of rotatable bonds is 2. The zero-order valence-electron chi connectivity index (χ0n) is 9.67. The summed E-state index contributed by atoms with van der Waals surface area (Å²) in [5.74, 6) is 0. The molecule has 0 saturated carbocycles. The van der Waals surface area contributed by atoms with Crippen molar-refractivity contribution in [2.75, 3.05) is 0 Å². The van der Waals surface area contributed by atoms with Gasteiger partial charge in [-0.05, 0) is 0 Å². The summed E-state index contributed by atoms with van der Waals surface area (Å²) in [5, 5.41) is 0. The van der Waals surface area contributed by atoms with Gasteiger partial charge in [0.05, 0.1) is 0 Å². The SMILES string of the molecule is O=S(=O)([O-])C(F)(F)F.c1ccc([I+]c2ccc[se]2)cc1. The first-order chi connectivity index (χ1) is 9.20. The first-order valence-corrected chi connectivity index (χ1v) is 10.4. The van der Waals surface area contributed by atoms with E-state index in [-0.39, 0.29) is 21.2 Å². The third-order valence-corrected chi connectivity index (χ3v) is 8.29. The molecule has 0 amide bonds. The molecule has 2 aromatic rings. The molecule has 0 unspecified atom stereocenters. The van der Waals surface area contributed by atoms with E-state index in [0.717, 1.165) is 0 Å². The van der Waals surface area contributed by atoms with E-state index >= 15 is 0 Å². The van der Waals surface area contributed by atoms with Crippen molar-refractivity contribution in [2.45, 2.75) is 5.51 Å². The summed E-state index contributed by atoms with van der Waals surface area (Å²) in [6.45, 7) is 0. The van der Waals surface area contributed by atoms with Crippen molar-refractivity contribution >= 4 is 24.6 Å². The van der Waals surface area contributed by atoms with Crippen molar-refractivity contribution in [1.82, 2.24) is 0 Å². The summed E-state index contributed by atoms with van der Waals surface area (Å²) >= 11 is 0.819. The minimum atomic E-state index is -6.09. The van der Waals surface area contributed by atoms with Gasteiger partial charge in [-0.1, -0.05) is 0 Å². The molecule has 20 heavy (non-hydrogen) atoms. The van der Waals surface area contributed by atoms with Gasteiger partial charge in [0, 0.05) is 0 Å². The van der Waals surface area contributed by atoms with Crippen LogP contribution >= 0.6 is 0 Å². The Hall–Kier alpha value is -0.351. The normalized spacial score (nSPS) is 11.6. The molecule has 1 aromatic carbocycles. The van der Waals surface area contributed by atoms with E-state index in [9.17, 15) is 13.2 Å². The molecule has 1 aromatic heterocycles. The topological polar surface area (TPSA) is 57.2 Å². The fraction of sp³-hybridized carbons (Fsp3) is 0.0909. The summed E-state index contributed by atoms with van der Waals surface area (Å²) in [4.78, 5) is 2.30. The predicted octanol–water partition coefficient (Wildman–Crippen LogP) is -1.08. The Morgan fingerprint density at radius 1 is 1.05 bits per heavy atom. The van der Waals surface area contributed by atoms with E-state index < -0.39 is 15.6 Å². The van der Waals surface area contributed by atoms with Gasteiger partial charge in [-0.3, -0.25) is 0 Å². The summed E-state index contributed by atoms with van der Waals surface area (Å²) in [6, 6.07) is 15.3. The maximum atomic E-state index is 10.7. The number of halogens is 4. The maximum absolute atomic E-state index is 10.7. The van der Waals surface area contributed by atoms with Crippen LogP contribution in [0.15, 0.2) is 47.4 Å². The molecule has 0 bridgehead atoms. The Bertz CT molecular complexity index is 612. The van der Waals surface area contributed by atoms with E-state index in [1.165, 1.54) is 3.57 Å². The van der Waals surface area contributed by atoms with Crippen LogP contribution in [0.3, 0.4) is 0 Å². The van der Waals surface area contributed by atoms with Crippen LogP contribution in [0.25, 0.3) is 0 Å². The van der Waals surface area contributed by atoms with Gasteiger partial charge in [0.25, 0.3) is 0 Å². The zero-order valence-corrected chi connectivity index (χ0v) is 14.4. The van der Waals surface area contributed by atoms with Gasteiger partial charge < -0.3 is 4.55 Å². The van der Waals surface area contributed by atoms with Gasteiger partial charge in [-0.15, -0.1) is 0 Å². The summed E-state index contributed by atoms with van der Waals surface area (Å²) in [5.41, 5.74) is -5.65. The van der Waals surface area contributed by atoms with Crippen LogP contribution in [0, 0.1) is 6.01 Å². The van der Waals surface area contributed by atoms with Gasteiger partial charge >= 0.3 is 94.6 Å². The number of benzene rings is 1. The fourth-order valence-electron chi connectivity index (χ4n) is 0.897. The molecule has 110 valence electrons. The Morgan fingerprint density at radius 2 is 1.60 bits per heavy atom. The first-order valence-electron chi connectivity index (χ1n) is 4.95. The first kappa shape index (κ1) is 17.7. The molecule has 0 spiro atoms. The fourth-order valence-corrected chi connectivity index (χ4v) is 6.38. The Morgan fingerprint density at radius 3 is 2.00 bits per heavy atom. The summed E-state index contributed by atoms with van der Waals surface area (Å²) in [7, 11) is -6.09. The van der Waals surface area contributed by atoms with Crippen molar-refractivity contribution in [3.05, 3.63) is 53.4 Å². The number of hydrogen-bond acceptors (Lipinski definition) is 3. The zero-order chi connectivity index (χ0) is 15.2. The Labute approximate surface area is 130 Å². The van der Waals surface area contributed by atoms with E-state index in [1.54, 1.807) is 2.44 Å². The molecule has 3 nitrogen and oxygen atoms in total. The monoisotopic (exact) mass is 484 g/mol. The molecule has 0 saturated heterocycles. The van der Waals surface area contributed by atoms with Crippen LogP contribution in [0.1, 0.15) is 0 Å². The molecule has 0 N–H and O–H groups in total. The van der Waals surface area contributed by atoms with E-state index in [2.05, 4.69) is 47.4 Å². The third-order valence-electron chi connectivity index (χ3n) is 1.71. The molecule has 1 heterocycles. The van der Waals surface area contributed by atoms with Crippen LogP contribution < -0.4 is 21.2 Å². The van der Waals surface area contributed by atoms with Gasteiger partial charge in [0.1, 0.15) is 0 Å². The molecule has 0 atom stereocenters. The van der Waals surface area contributed by atoms with Gasteiger partial charge in [0.15, 0.2) is 10.1 Å². The number of alkyl halides is 3. The summed E-state index contributed by atoms with van der Waals surface area (Å²) in [6.07, 6.45) is 0. The van der Waals surface area contributed by atoms with Crippen LogP contribution in [-0.2, 0) is 10.1 Å². The predicted molar refractivity (Wildman–Crippen MR) is 63.0 cm³/mol. The Balaban J connectivity index is 0.000000221. The number of hydrogen-bond donors (Lipinski definition) is 0. The van der Waals surface area contributed by atoms with Crippen LogP contribution in [0.5, 0.6) is 0 Å². The molecule has 9 heteroatoms. The van der Waals surface area contributed by atoms with Crippen molar-refractivity contribution in [2.24, 2.45) is 0 Å². The molecule has 0 aliphatic heterocycles. The molecular formula is C11H8F3IO3SSe. The van der Waals surface area contributed by atoms with Crippen LogP contribution in [0.2, 0.25) is 0 Å². The second-order valence-electron chi connectivity index (χ2n) is 3.21. The van der Waals surface area contributed by atoms with Gasteiger partial charge in [-0.25, -0.2) is 8.42 Å². The van der Waals surface area contributed by atoms with Crippen LogP contribution in [0.4, 0.5) is 13.2 Å². The third kappa shape index (κ3) is 6.40. The van der Waals surface area contributed by atoms with E-state index in [4.69, 9.17) is 13.0 Å². The van der Waals surface area contributed by atoms with Gasteiger partial charge in [0.2, 0.25) is 0 Å². The Kier molecular flexibility index (Phi) is 6.73. The van der Waals surface area contributed by atoms with Crippen molar-refractivity contribution in [3.8, 4) is 0 Å². The molecule has 0 aliphatic rings. The molecule has 0 radical (unpaired) electrons. The average molecular weight is 483 g/mol. The van der Waals surface area contributed by atoms with Crippen molar-refractivity contribution in [3.63, 3.8) is 0 Å². The van der Waals surface area contributed by atoms with Crippen molar-refractivity contribution in [1.29, 1.82) is 0 Å². The average Bonchev–Trinajstić information content (AvgIpc) is 2.81. The quantitative estimate of drug-likeness (QED) is 0.237. The molecule has 0 fully saturated rings. The van der Waals surface area contributed by atoms with Gasteiger partial charge in [-0.2, -0.15) is 13.2 Å². The van der Waals surface area contributed by atoms with E-state index in [1.807, 2.05) is 0 Å². The molecular weight excluding hydrogens is 475 g/mol. The summed E-state index contributed by atoms with van der Waals surface area (Å²) < 4.78 is 62.1. The van der Waals surface area contributed by atoms with Crippen molar-refractivity contribution < 1.29 is 47.3 Å². The second kappa shape index (κ2) is 7.60. The minimum absolute atomic E-state index is 0.150. The molecule has 2 rings (SSSR count).